The number of fused-ring (bicyclic) bond motifs is 2. The summed E-state index contributed by atoms with van der Waals surface area (Å²) in [7, 11) is 0. The van der Waals surface area contributed by atoms with Gasteiger partial charge in [0.2, 0.25) is 0 Å². The van der Waals surface area contributed by atoms with E-state index >= 15 is 0 Å². The molecule has 10 rings (SSSR count). The van der Waals surface area contributed by atoms with Crippen molar-refractivity contribution in [3.63, 3.8) is 0 Å². The summed E-state index contributed by atoms with van der Waals surface area (Å²) < 4.78 is 0. The van der Waals surface area contributed by atoms with E-state index in [4.69, 9.17) is 0 Å². The number of benzene rings is 8. The van der Waals surface area contributed by atoms with Crippen molar-refractivity contribution in [2.45, 2.75) is 12.3 Å². The average Bonchev–Trinajstić information content (AvgIpc) is 3.16. The van der Waals surface area contributed by atoms with Crippen molar-refractivity contribution in [3.05, 3.63) is 192 Å². The molecule has 0 N–H and O–H groups in total. The van der Waals surface area contributed by atoms with Crippen molar-refractivity contribution in [2.24, 2.45) is 0 Å². The molecule has 0 saturated heterocycles. The smallest absolute Gasteiger partial charge is 0.0276 e. The fraction of sp³-hybridized carbons (Fsp3) is 0.0417. The number of hydrogen-bond acceptors (Lipinski definition) is 0. The van der Waals surface area contributed by atoms with Gasteiger partial charge in [-0.25, -0.2) is 0 Å². The van der Waals surface area contributed by atoms with Crippen LogP contribution in [0.5, 0.6) is 0 Å². The van der Waals surface area contributed by atoms with Gasteiger partial charge in [-0.1, -0.05) is 164 Å². The molecule has 8 aromatic carbocycles. The number of allylic oxidation sites excluding steroid dienone is 3. The van der Waals surface area contributed by atoms with E-state index in [2.05, 4.69) is 176 Å². The first kappa shape index (κ1) is 27.2. The maximum absolute atomic E-state index is 2.50. The number of hydrogen-bond donors (Lipinski definition) is 0. The van der Waals surface area contributed by atoms with Crippen LogP contribution in [-0.4, -0.2) is 0 Å². The normalized spacial score (nSPS) is 14.8. The number of rotatable bonds is 4. The third-order valence-electron chi connectivity index (χ3n) is 10.6. The van der Waals surface area contributed by atoms with Gasteiger partial charge >= 0.3 is 0 Å². The molecule has 0 nitrogen and oxygen atoms in total. The van der Waals surface area contributed by atoms with Gasteiger partial charge in [0.1, 0.15) is 0 Å². The molecule has 0 amide bonds. The molecular weight excluding hydrogens is 577 g/mol. The van der Waals surface area contributed by atoms with Gasteiger partial charge in [-0.05, 0) is 112 Å². The first-order valence-corrected chi connectivity index (χ1v) is 16.9. The van der Waals surface area contributed by atoms with Crippen molar-refractivity contribution in [1.29, 1.82) is 0 Å². The summed E-state index contributed by atoms with van der Waals surface area (Å²) in [6, 6.07) is 58.3. The highest BCUT2D eigenvalue weighted by Crippen LogP contribution is 2.48. The molecule has 0 aliphatic heterocycles. The van der Waals surface area contributed by atoms with Gasteiger partial charge in [0.15, 0.2) is 0 Å². The van der Waals surface area contributed by atoms with Gasteiger partial charge in [0.25, 0.3) is 0 Å². The van der Waals surface area contributed by atoms with Gasteiger partial charge in [0, 0.05) is 5.92 Å². The van der Waals surface area contributed by atoms with Crippen LogP contribution in [0.1, 0.15) is 28.2 Å². The lowest BCUT2D eigenvalue weighted by Crippen LogP contribution is -2.11. The molecule has 0 heteroatoms. The van der Waals surface area contributed by atoms with Crippen molar-refractivity contribution in [3.8, 4) is 33.4 Å². The zero-order valence-electron chi connectivity index (χ0n) is 26.5. The summed E-state index contributed by atoms with van der Waals surface area (Å²) in [4.78, 5) is 0. The Balaban J connectivity index is 1.04. The van der Waals surface area contributed by atoms with Crippen LogP contribution in [0.4, 0.5) is 0 Å². The SMILES string of the molecule is C1=CC(c2ccc(-c3cccc4ccccc34)cc2)C2=CCc3c(-c4cccc(-c5ccc6ccccc6c5)c4)ccc4ccc1c2c34. The fourth-order valence-electron chi connectivity index (χ4n) is 8.21. The topological polar surface area (TPSA) is 0 Å². The molecule has 0 fully saturated rings. The Morgan fingerprint density at radius 3 is 2.08 bits per heavy atom. The molecule has 2 aliphatic carbocycles. The highest BCUT2D eigenvalue weighted by molar-refractivity contribution is 6.07. The van der Waals surface area contributed by atoms with Crippen LogP contribution in [0.15, 0.2) is 170 Å². The molecule has 0 heterocycles. The predicted molar refractivity (Wildman–Crippen MR) is 205 cm³/mol. The quantitative estimate of drug-likeness (QED) is 0.186. The second-order valence-corrected chi connectivity index (χ2v) is 13.2. The van der Waals surface area contributed by atoms with E-state index in [1.165, 1.54) is 93.5 Å². The summed E-state index contributed by atoms with van der Waals surface area (Å²) >= 11 is 0. The van der Waals surface area contributed by atoms with Crippen molar-refractivity contribution >= 4 is 44.0 Å². The highest BCUT2D eigenvalue weighted by atomic mass is 14.3. The maximum atomic E-state index is 2.50. The van der Waals surface area contributed by atoms with E-state index in [-0.39, 0.29) is 5.92 Å². The van der Waals surface area contributed by atoms with Gasteiger partial charge in [-0.2, -0.15) is 0 Å². The molecule has 48 heavy (non-hydrogen) atoms. The van der Waals surface area contributed by atoms with Crippen LogP contribution in [0.3, 0.4) is 0 Å². The standard InChI is InChI=1S/C48H32/c1-2-9-37-29-39(22-15-31(37)7-1)38-11-5-12-40(30-38)44-26-24-36-21-20-35-23-25-43(45-27-28-46(44)48(36)47(35)45)34-18-16-33(17-19-34)42-14-6-10-32-8-3-4-13-41(32)42/h1-27,29-30,43H,28H2. The Morgan fingerprint density at radius 1 is 0.458 bits per heavy atom. The Bertz CT molecular complexity index is 2630. The average molecular weight is 609 g/mol. The molecular formula is C48H32. The molecule has 8 aromatic rings. The fourth-order valence-corrected chi connectivity index (χ4v) is 8.21. The summed E-state index contributed by atoms with van der Waals surface area (Å²) in [6.07, 6.45) is 8.17. The Kier molecular flexibility index (Phi) is 6.11. The lowest BCUT2D eigenvalue weighted by molar-refractivity contribution is 1.08. The first-order chi connectivity index (χ1) is 23.8. The van der Waals surface area contributed by atoms with E-state index in [9.17, 15) is 0 Å². The molecule has 0 bridgehead atoms. The summed E-state index contributed by atoms with van der Waals surface area (Å²) in [6.45, 7) is 0. The Labute approximate surface area is 281 Å². The van der Waals surface area contributed by atoms with Gasteiger partial charge in [-0.15, -0.1) is 0 Å². The van der Waals surface area contributed by atoms with Crippen molar-refractivity contribution in [1.82, 2.24) is 0 Å². The molecule has 224 valence electrons. The summed E-state index contributed by atoms with van der Waals surface area (Å²) in [5.41, 5.74) is 14.6. The summed E-state index contributed by atoms with van der Waals surface area (Å²) in [5, 5.41) is 7.87. The van der Waals surface area contributed by atoms with Crippen molar-refractivity contribution < 1.29 is 0 Å². The monoisotopic (exact) mass is 608 g/mol. The summed E-state index contributed by atoms with van der Waals surface area (Å²) in [5.74, 6) is 0.234. The molecule has 0 radical (unpaired) electrons. The molecule has 2 aliphatic rings. The van der Waals surface area contributed by atoms with Gasteiger partial charge in [-0.3, -0.25) is 0 Å². The van der Waals surface area contributed by atoms with E-state index in [1.54, 1.807) is 0 Å². The minimum atomic E-state index is 0.234. The van der Waals surface area contributed by atoms with E-state index in [0.717, 1.165) is 6.42 Å². The molecule has 1 unspecified atom stereocenters. The molecule has 1 atom stereocenters. The van der Waals surface area contributed by atoms with Crippen LogP contribution in [-0.2, 0) is 6.42 Å². The Morgan fingerprint density at radius 2 is 1.17 bits per heavy atom. The molecule has 0 aromatic heterocycles. The highest BCUT2D eigenvalue weighted by Gasteiger charge is 2.28. The predicted octanol–water partition coefficient (Wildman–Crippen LogP) is 12.9. The van der Waals surface area contributed by atoms with Crippen LogP contribution in [0.2, 0.25) is 0 Å². The second kappa shape index (κ2) is 10.8. The zero-order valence-corrected chi connectivity index (χ0v) is 26.5. The van der Waals surface area contributed by atoms with E-state index in [0.29, 0.717) is 0 Å². The lowest BCUT2D eigenvalue weighted by Gasteiger charge is -2.30. The van der Waals surface area contributed by atoms with Crippen LogP contribution in [0, 0.1) is 0 Å². The first-order valence-electron chi connectivity index (χ1n) is 16.9. The molecule has 0 spiro atoms. The maximum Gasteiger partial charge on any atom is 0.0276 e. The minimum Gasteiger partial charge on any atom is -0.0753 e. The van der Waals surface area contributed by atoms with E-state index in [1.807, 2.05) is 0 Å². The van der Waals surface area contributed by atoms with Crippen LogP contribution < -0.4 is 0 Å². The largest absolute Gasteiger partial charge is 0.0753 e. The minimum absolute atomic E-state index is 0.234. The third kappa shape index (κ3) is 4.30. The third-order valence-corrected chi connectivity index (χ3v) is 10.6. The second-order valence-electron chi connectivity index (χ2n) is 13.2. The van der Waals surface area contributed by atoms with Gasteiger partial charge in [0.05, 0.1) is 0 Å². The zero-order chi connectivity index (χ0) is 31.6. The van der Waals surface area contributed by atoms with Crippen LogP contribution >= 0.6 is 0 Å². The Hall–Kier alpha value is -5.98. The van der Waals surface area contributed by atoms with Gasteiger partial charge < -0.3 is 0 Å². The van der Waals surface area contributed by atoms with Crippen molar-refractivity contribution in [2.75, 3.05) is 0 Å². The lowest BCUT2D eigenvalue weighted by atomic mass is 9.73. The molecule has 0 saturated carbocycles. The van der Waals surface area contributed by atoms with Crippen LogP contribution in [0.25, 0.3) is 77.3 Å². The van der Waals surface area contributed by atoms with E-state index < -0.39 is 0 Å².